The number of ether oxygens (including phenoxy) is 1. The molecule has 0 heterocycles. The fraction of sp³-hybridized carbons (Fsp3) is 0.417. The van der Waals surface area contributed by atoms with E-state index in [1.54, 1.807) is 6.92 Å². The number of rotatable bonds is 4. The zero-order valence-electron chi connectivity index (χ0n) is 10.1. The molecule has 0 aliphatic carbocycles. The summed E-state index contributed by atoms with van der Waals surface area (Å²) in [4.78, 5) is 11.2. The van der Waals surface area contributed by atoms with Crippen molar-refractivity contribution in [3.63, 3.8) is 0 Å². The highest BCUT2D eigenvalue weighted by Gasteiger charge is 2.35. The van der Waals surface area contributed by atoms with Crippen molar-refractivity contribution in [2.75, 3.05) is 0 Å². The third kappa shape index (κ3) is 3.65. The molecule has 1 rings (SSSR count). The van der Waals surface area contributed by atoms with Crippen LogP contribution in [0.2, 0.25) is 0 Å². The molecule has 1 aromatic rings. The normalized spacial score (nSPS) is 11.8. The first kappa shape index (κ1) is 15.4. The maximum absolute atomic E-state index is 12.8. The average molecular weight is 282 g/mol. The maximum Gasteiger partial charge on any atom is 0.417 e. The van der Waals surface area contributed by atoms with Gasteiger partial charge in [-0.15, -0.1) is 0 Å². The van der Waals surface area contributed by atoms with Crippen LogP contribution in [0.3, 0.4) is 0 Å². The number of Topliss-reactive ketones (excluding diaryl/α,β-unsaturated/α-hetero) is 1. The van der Waals surface area contributed by atoms with E-state index in [1.165, 1.54) is 0 Å². The fourth-order valence-electron chi connectivity index (χ4n) is 1.63. The molecule has 0 radical (unpaired) electrons. The second kappa shape index (κ2) is 5.54. The summed E-state index contributed by atoms with van der Waals surface area (Å²) < 4.78 is 66.7. The predicted octanol–water partition coefficient (Wildman–Crippen LogP) is 4.07. The van der Waals surface area contributed by atoms with E-state index in [1.807, 2.05) is 0 Å². The van der Waals surface area contributed by atoms with E-state index < -0.39 is 35.4 Å². The fourth-order valence-corrected chi connectivity index (χ4v) is 1.63. The summed E-state index contributed by atoms with van der Waals surface area (Å²) in [5.74, 6) is -1.35. The molecule has 1 aromatic carbocycles. The largest absolute Gasteiger partial charge is 0.435 e. The first-order chi connectivity index (χ1) is 8.66. The Morgan fingerprint density at radius 3 is 2.26 bits per heavy atom. The summed E-state index contributed by atoms with van der Waals surface area (Å²) in [6.07, 6.45) is -4.64. The molecule has 7 heteroatoms. The molecule has 0 amide bonds. The summed E-state index contributed by atoms with van der Waals surface area (Å²) >= 11 is 0. The number of aryl methyl sites for hydroxylation is 1. The molecule has 0 aliphatic rings. The monoisotopic (exact) mass is 282 g/mol. The zero-order chi connectivity index (χ0) is 14.8. The van der Waals surface area contributed by atoms with Crippen LogP contribution in [0.15, 0.2) is 12.1 Å². The lowest BCUT2D eigenvalue weighted by Gasteiger charge is -2.16. The molecular weight excluding hydrogens is 271 g/mol. The highest BCUT2D eigenvalue weighted by atomic mass is 19.4. The summed E-state index contributed by atoms with van der Waals surface area (Å²) in [5.41, 5.74) is -1.70. The summed E-state index contributed by atoms with van der Waals surface area (Å²) in [7, 11) is 0. The molecule has 2 nitrogen and oxygen atoms in total. The van der Waals surface area contributed by atoms with Gasteiger partial charge in [-0.25, -0.2) is 0 Å². The number of benzene rings is 1. The van der Waals surface area contributed by atoms with Gasteiger partial charge in [0.1, 0.15) is 5.75 Å². The SMILES string of the molecule is CCc1cc(C(C)=O)c(C(F)(F)F)cc1OC(F)F. The van der Waals surface area contributed by atoms with Crippen LogP contribution in [-0.2, 0) is 12.6 Å². The molecular formula is C12H11F5O2. The molecule has 106 valence electrons. The van der Waals surface area contributed by atoms with Gasteiger partial charge in [-0.3, -0.25) is 4.79 Å². The average Bonchev–Trinajstić information content (AvgIpc) is 2.26. The maximum atomic E-state index is 12.8. The molecule has 0 unspecified atom stereocenters. The molecule has 0 aromatic heterocycles. The highest BCUT2D eigenvalue weighted by molar-refractivity contribution is 5.96. The van der Waals surface area contributed by atoms with Crippen molar-refractivity contribution >= 4 is 5.78 Å². The zero-order valence-corrected chi connectivity index (χ0v) is 10.1. The van der Waals surface area contributed by atoms with E-state index in [0.717, 1.165) is 13.0 Å². The van der Waals surface area contributed by atoms with E-state index in [2.05, 4.69) is 4.74 Å². The van der Waals surface area contributed by atoms with Gasteiger partial charge in [0.15, 0.2) is 5.78 Å². The number of carbonyl (C=O) groups excluding carboxylic acids is 1. The molecule has 0 atom stereocenters. The third-order valence-corrected chi connectivity index (χ3v) is 2.48. The van der Waals surface area contributed by atoms with Gasteiger partial charge >= 0.3 is 12.8 Å². The number of hydrogen-bond donors (Lipinski definition) is 0. The quantitative estimate of drug-likeness (QED) is 0.614. The van der Waals surface area contributed by atoms with Gasteiger partial charge in [0.05, 0.1) is 5.56 Å². The number of hydrogen-bond acceptors (Lipinski definition) is 2. The first-order valence-corrected chi connectivity index (χ1v) is 5.36. The molecule has 19 heavy (non-hydrogen) atoms. The van der Waals surface area contributed by atoms with Crippen LogP contribution in [0, 0.1) is 0 Å². The Morgan fingerprint density at radius 2 is 1.89 bits per heavy atom. The Balaban J connectivity index is 3.47. The Morgan fingerprint density at radius 1 is 1.32 bits per heavy atom. The molecule has 0 saturated carbocycles. The van der Waals surface area contributed by atoms with E-state index >= 15 is 0 Å². The second-order valence-electron chi connectivity index (χ2n) is 3.79. The van der Waals surface area contributed by atoms with E-state index in [0.29, 0.717) is 6.07 Å². The van der Waals surface area contributed by atoms with Crippen LogP contribution < -0.4 is 4.74 Å². The molecule has 0 saturated heterocycles. The summed E-state index contributed by atoms with van der Waals surface area (Å²) in [5, 5.41) is 0. The van der Waals surface area contributed by atoms with Crippen molar-refractivity contribution in [3.8, 4) is 5.75 Å². The van der Waals surface area contributed by atoms with Gasteiger partial charge in [0, 0.05) is 5.56 Å². The number of alkyl halides is 5. The smallest absolute Gasteiger partial charge is 0.417 e. The van der Waals surface area contributed by atoms with Gasteiger partial charge in [0.25, 0.3) is 0 Å². The lowest BCUT2D eigenvalue weighted by Crippen LogP contribution is -2.14. The lowest BCUT2D eigenvalue weighted by molar-refractivity contribution is -0.138. The molecule has 0 fully saturated rings. The number of carbonyl (C=O) groups is 1. The Kier molecular flexibility index (Phi) is 4.49. The van der Waals surface area contributed by atoms with Crippen LogP contribution >= 0.6 is 0 Å². The van der Waals surface area contributed by atoms with Gasteiger partial charge in [-0.05, 0) is 31.0 Å². The van der Waals surface area contributed by atoms with Gasteiger partial charge < -0.3 is 4.74 Å². The topological polar surface area (TPSA) is 26.3 Å². The van der Waals surface area contributed by atoms with Crippen molar-refractivity contribution in [1.29, 1.82) is 0 Å². The van der Waals surface area contributed by atoms with E-state index in [9.17, 15) is 26.7 Å². The predicted molar refractivity (Wildman–Crippen MR) is 57.5 cm³/mol. The Labute approximate surface area is 106 Å². The van der Waals surface area contributed by atoms with Gasteiger partial charge in [-0.2, -0.15) is 22.0 Å². The van der Waals surface area contributed by atoms with Crippen LogP contribution in [0.4, 0.5) is 22.0 Å². The van der Waals surface area contributed by atoms with Gasteiger partial charge in [-0.1, -0.05) is 6.92 Å². The number of halogens is 5. The molecule has 0 spiro atoms. The minimum absolute atomic E-state index is 0.124. The molecule has 0 aliphatic heterocycles. The Bertz CT molecular complexity index is 480. The standard InChI is InChI=1S/C12H11F5O2/c1-3-7-4-8(6(2)18)9(12(15,16)17)5-10(7)19-11(13)14/h4-5,11H,3H2,1-2H3. The highest BCUT2D eigenvalue weighted by Crippen LogP contribution is 2.37. The van der Waals surface area contributed by atoms with Crippen molar-refractivity contribution in [3.05, 3.63) is 28.8 Å². The van der Waals surface area contributed by atoms with Crippen molar-refractivity contribution in [2.45, 2.75) is 33.1 Å². The minimum Gasteiger partial charge on any atom is -0.435 e. The molecule has 0 N–H and O–H groups in total. The lowest BCUT2D eigenvalue weighted by atomic mass is 9.98. The summed E-state index contributed by atoms with van der Waals surface area (Å²) in [6, 6.07) is 1.39. The Hall–Kier alpha value is -1.66. The van der Waals surface area contributed by atoms with Crippen LogP contribution in [-0.4, -0.2) is 12.4 Å². The van der Waals surface area contributed by atoms with Crippen LogP contribution in [0.1, 0.15) is 35.3 Å². The summed E-state index contributed by atoms with van der Waals surface area (Å²) in [6.45, 7) is -0.683. The van der Waals surface area contributed by atoms with Gasteiger partial charge in [0.2, 0.25) is 0 Å². The number of ketones is 1. The van der Waals surface area contributed by atoms with E-state index in [4.69, 9.17) is 0 Å². The van der Waals surface area contributed by atoms with Crippen molar-refractivity contribution in [1.82, 2.24) is 0 Å². The van der Waals surface area contributed by atoms with Crippen molar-refractivity contribution < 1.29 is 31.5 Å². The van der Waals surface area contributed by atoms with E-state index in [-0.39, 0.29) is 12.0 Å². The second-order valence-corrected chi connectivity index (χ2v) is 3.79. The third-order valence-electron chi connectivity index (χ3n) is 2.48. The van der Waals surface area contributed by atoms with Crippen molar-refractivity contribution in [2.24, 2.45) is 0 Å². The van der Waals surface area contributed by atoms with Crippen LogP contribution in [0.5, 0.6) is 5.75 Å². The minimum atomic E-state index is -4.81. The van der Waals surface area contributed by atoms with Crippen LogP contribution in [0.25, 0.3) is 0 Å². The molecule has 0 bridgehead atoms. The first-order valence-electron chi connectivity index (χ1n) is 5.36.